The van der Waals surface area contributed by atoms with Crippen molar-refractivity contribution >= 4 is 17.8 Å². The number of amides is 1. The fourth-order valence-corrected chi connectivity index (χ4v) is 2.22. The molecule has 0 aliphatic rings. The minimum absolute atomic E-state index is 0.149. The summed E-state index contributed by atoms with van der Waals surface area (Å²) in [6.07, 6.45) is -0.702. The van der Waals surface area contributed by atoms with E-state index in [1.807, 2.05) is 0 Å². The van der Waals surface area contributed by atoms with Crippen molar-refractivity contribution in [3.8, 4) is 0 Å². The van der Waals surface area contributed by atoms with Crippen LogP contribution in [-0.4, -0.2) is 30.1 Å². The summed E-state index contributed by atoms with van der Waals surface area (Å²) in [6.45, 7) is 8.31. The van der Waals surface area contributed by atoms with Gasteiger partial charge in [-0.3, -0.25) is 9.59 Å². The highest BCUT2D eigenvalue weighted by Crippen LogP contribution is 2.25. The monoisotopic (exact) mass is 335 g/mol. The van der Waals surface area contributed by atoms with Crippen molar-refractivity contribution in [2.45, 2.75) is 46.3 Å². The molecule has 0 unspecified atom stereocenters. The zero-order valence-corrected chi connectivity index (χ0v) is 14.8. The minimum Gasteiger partial charge on any atom is -0.465 e. The van der Waals surface area contributed by atoms with Gasteiger partial charge >= 0.3 is 12.1 Å². The molecule has 6 nitrogen and oxygen atoms in total. The second-order valence-corrected chi connectivity index (χ2v) is 6.37. The molecule has 0 heterocycles. The van der Waals surface area contributed by atoms with Gasteiger partial charge in [-0.05, 0) is 40.2 Å². The Morgan fingerprint density at radius 3 is 2.17 bits per heavy atom. The Hall–Kier alpha value is -2.37. The van der Waals surface area contributed by atoms with Crippen molar-refractivity contribution in [1.82, 2.24) is 5.32 Å². The predicted octanol–water partition coefficient (Wildman–Crippen LogP) is 3.02. The lowest BCUT2D eigenvalue weighted by Gasteiger charge is -2.27. The zero-order chi connectivity index (χ0) is 18.3. The Kier molecular flexibility index (Phi) is 6.95. The highest BCUT2D eigenvalue weighted by Gasteiger charge is 2.36. The number of rotatable bonds is 6. The van der Waals surface area contributed by atoms with Crippen LogP contribution in [-0.2, 0) is 19.1 Å². The third kappa shape index (κ3) is 6.02. The number of hydrogen-bond donors (Lipinski definition) is 1. The van der Waals surface area contributed by atoms with Crippen LogP contribution in [0.1, 0.15) is 46.2 Å². The summed E-state index contributed by atoms with van der Waals surface area (Å²) in [7, 11) is 0. The molecule has 0 aromatic heterocycles. The molecule has 0 aliphatic carbocycles. The van der Waals surface area contributed by atoms with Gasteiger partial charge in [0, 0.05) is 0 Å². The van der Waals surface area contributed by atoms with Gasteiger partial charge < -0.3 is 14.8 Å². The van der Waals surface area contributed by atoms with E-state index in [1.54, 1.807) is 58.0 Å². The molecule has 0 bridgehead atoms. The number of ether oxygens (including phenoxy) is 2. The fraction of sp³-hybridized carbons (Fsp3) is 0.500. The average molecular weight is 335 g/mol. The van der Waals surface area contributed by atoms with Crippen LogP contribution in [0.4, 0.5) is 4.79 Å². The van der Waals surface area contributed by atoms with Crippen LogP contribution < -0.4 is 5.32 Å². The Morgan fingerprint density at radius 2 is 1.71 bits per heavy atom. The van der Waals surface area contributed by atoms with Crippen LogP contribution >= 0.6 is 0 Å². The van der Waals surface area contributed by atoms with E-state index in [2.05, 4.69) is 5.32 Å². The summed E-state index contributed by atoms with van der Waals surface area (Å²) in [5.74, 6) is -2.20. The van der Waals surface area contributed by atoms with E-state index in [0.717, 1.165) is 0 Å². The van der Waals surface area contributed by atoms with Gasteiger partial charge in [0.1, 0.15) is 17.3 Å². The maximum atomic E-state index is 12.2. The first kappa shape index (κ1) is 19.7. The number of nitrogens with one attached hydrogen (secondary N) is 1. The van der Waals surface area contributed by atoms with Gasteiger partial charge in [0.05, 0.1) is 12.6 Å². The summed E-state index contributed by atoms with van der Waals surface area (Å²) in [6, 6.07) is 7.94. The molecule has 24 heavy (non-hydrogen) atoms. The zero-order valence-electron chi connectivity index (χ0n) is 14.8. The van der Waals surface area contributed by atoms with Gasteiger partial charge in [0.25, 0.3) is 0 Å². The third-order valence-corrected chi connectivity index (χ3v) is 3.14. The molecule has 1 amide bonds. The van der Waals surface area contributed by atoms with Gasteiger partial charge in [-0.1, -0.05) is 30.3 Å². The Balaban J connectivity index is 3.15. The Labute approximate surface area is 142 Å². The lowest BCUT2D eigenvalue weighted by atomic mass is 9.90. The van der Waals surface area contributed by atoms with E-state index in [4.69, 9.17) is 9.47 Å². The van der Waals surface area contributed by atoms with Crippen LogP contribution in [0.25, 0.3) is 0 Å². The maximum Gasteiger partial charge on any atom is 0.408 e. The van der Waals surface area contributed by atoms with Crippen LogP contribution in [0.5, 0.6) is 0 Å². The number of hydrogen-bond acceptors (Lipinski definition) is 5. The first-order chi connectivity index (χ1) is 11.2. The summed E-state index contributed by atoms with van der Waals surface area (Å²) in [4.78, 5) is 36.4. The standard InChI is InChI=1S/C18H25NO5/c1-6-23-16(21)14(12(2)20)15(13-10-8-7-9-11-13)19-17(22)24-18(3,4)5/h7-11,14-15H,6H2,1-5H3,(H,19,22)/t14-,15+/m1/s1. The van der Waals surface area contributed by atoms with Crippen molar-refractivity contribution in [3.63, 3.8) is 0 Å². The molecule has 132 valence electrons. The molecule has 0 spiro atoms. The highest BCUT2D eigenvalue weighted by atomic mass is 16.6. The molecule has 1 aromatic carbocycles. The molecule has 0 fully saturated rings. The SMILES string of the molecule is CCOC(=O)[C@H](C(C)=O)[C@@H](NC(=O)OC(C)(C)C)c1ccccc1. The van der Waals surface area contributed by atoms with Gasteiger partial charge in [-0.2, -0.15) is 0 Å². The highest BCUT2D eigenvalue weighted by molar-refractivity contribution is 5.99. The molecule has 2 atom stereocenters. The van der Waals surface area contributed by atoms with E-state index in [1.165, 1.54) is 6.92 Å². The molecule has 1 rings (SSSR count). The number of Topliss-reactive ketones (excluding diaryl/α,β-unsaturated/α-hetero) is 1. The third-order valence-electron chi connectivity index (χ3n) is 3.14. The van der Waals surface area contributed by atoms with Gasteiger partial charge in [0.2, 0.25) is 0 Å². The van der Waals surface area contributed by atoms with E-state index in [0.29, 0.717) is 5.56 Å². The molecule has 1 aromatic rings. The van der Waals surface area contributed by atoms with Crippen molar-refractivity contribution in [2.75, 3.05) is 6.61 Å². The molecular formula is C18H25NO5. The lowest BCUT2D eigenvalue weighted by molar-refractivity contribution is -0.152. The number of ketones is 1. The fourth-order valence-electron chi connectivity index (χ4n) is 2.22. The van der Waals surface area contributed by atoms with E-state index < -0.39 is 35.4 Å². The summed E-state index contributed by atoms with van der Waals surface area (Å²) < 4.78 is 10.2. The summed E-state index contributed by atoms with van der Waals surface area (Å²) in [5, 5.41) is 2.63. The van der Waals surface area contributed by atoms with Crippen molar-refractivity contribution < 1.29 is 23.9 Å². The van der Waals surface area contributed by atoms with Crippen LogP contribution in [0.15, 0.2) is 30.3 Å². The van der Waals surface area contributed by atoms with Crippen LogP contribution in [0.2, 0.25) is 0 Å². The van der Waals surface area contributed by atoms with E-state index in [-0.39, 0.29) is 6.61 Å². The number of alkyl carbamates (subject to hydrolysis) is 1. The number of benzene rings is 1. The van der Waals surface area contributed by atoms with Crippen molar-refractivity contribution in [2.24, 2.45) is 5.92 Å². The first-order valence-corrected chi connectivity index (χ1v) is 7.87. The molecule has 0 radical (unpaired) electrons. The Morgan fingerprint density at radius 1 is 1.12 bits per heavy atom. The van der Waals surface area contributed by atoms with Gasteiger partial charge in [0.15, 0.2) is 0 Å². The molecule has 0 aliphatic heterocycles. The largest absolute Gasteiger partial charge is 0.465 e. The number of carbonyl (C=O) groups excluding carboxylic acids is 3. The second-order valence-electron chi connectivity index (χ2n) is 6.37. The molecule has 0 saturated carbocycles. The molecule has 1 N–H and O–H groups in total. The summed E-state index contributed by atoms with van der Waals surface area (Å²) >= 11 is 0. The second kappa shape index (κ2) is 8.47. The summed E-state index contributed by atoms with van der Waals surface area (Å²) in [5.41, 5.74) is -0.0716. The topological polar surface area (TPSA) is 81.7 Å². The quantitative estimate of drug-likeness (QED) is 0.638. The van der Waals surface area contributed by atoms with Crippen LogP contribution in [0.3, 0.4) is 0 Å². The minimum atomic E-state index is -1.14. The maximum absolute atomic E-state index is 12.2. The normalized spacial score (nSPS) is 13.5. The van der Waals surface area contributed by atoms with Crippen molar-refractivity contribution in [1.29, 1.82) is 0 Å². The smallest absolute Gasteiger partial charge is 0.408 e. The van der Waals surface area contributed by atoms with Crippen molar-refractivity contribution in [3.05, 3.63) is 35.9 Å². The number of carbonyl (C=O) groups is 3. The lowest BCUT2D eigenvalue weighted by Crippen LogP contribution is -2.42. The Bertz CT molecular complexity index is 577. The van der Waals surface area contributed by atoms with Crippen LogP contribution in [0, 0.1) is 5.92 Å². The van der Waals surface area contributed by atoms with E-state index >= 15 is 0 Å². The predicted molar refractivity (Wildman–Crippen MR) is 89.4 cm³/mol. The molecule has 0 saturated heterocycles. The number of esters is 1. The average Bonchev–Trinajstić information content (AvgIpc) is 2.45. The van der Waals surface area contributed by atoms with Gasteiger partial charge in [-0.15, -0.1) is 0 Å². The van der Waals surface area contributed by atoms with Gasteiger partial charge in [-0.25, -0.2) is 4.79 Å². The van der Waals surface area contributed by atoms with E-state index in [9.17, 15) is 14.4 Å². The first-order valence-electron chi connectivity index (χ1n) is 7.87. The molecular weight excluding hydrogens is 310 g/mol. The molecule has 6 heteroatoms.